The van der Waals surface area contributed by atoms with Crippen LogP contribution in [-0.2, 0) is 9.53 Å². The minimum atomic E-state index is 0.100. The van der Waals surface area contributed by atoms with E-state index in [-0.39, 0.29) is 6.04 Å². The van der Waals surface area contributed by atoms with Crippen molar-refractivity contribution in [1.29, 1.82) is 0 Å². The molecule has 2 aliphatic heterocycles. The fourth-order valence-corrected chi connectivity index (χ4v) is 2.54. The summed E-state index contributed by atoms with van der Waals surface area (Å²) in [6, 6.07) is 0.100. The SMILES string of the molecule is CC1CCN(C)[C@@H]1C(=O)N1CCOCC1. The lowest BCUT2D eigenvalue weighted by molar-refractivity contribution is -0.140. The summed E-state index contributed by atoms with van der Waals surface area (Å²) in [5.41, 5.74) is 0. The number of nitrogens with zero attached hydrogens (tertiary/aromatic N) is 2. The van der Waals surface area contributed by atoms with E-state index in [4.69, 9.17) is 4.74 Å². The fourth-order valence-electron chi connectivity index (χ4n) is 2.54. The van der Waals surface area contributed by atoms with Crippen molar-refractivity contribution in [2.75, 3.05) is 39.9 Å². The number of hydrogen-bond acceptors (Lipinski definition) is 3. The molecule has 0 aromatic heterocycles. The first-order valence-corrected chi connectivity index (χ1v) is 5.77. The van der Waals surface area contributed by atoms with Gasteiger partial charge < -0.3 is 9.64 Å². The van der Waals surface area contributed by atoms with E-state index in [2.05, 4.69) is 11.8 Å². The van der Waals surface area contributed by atoms with Gasteiger partial charge in [0.1, 0.15) is 0 Å². The van der Waals surface area contributed by atoms with Gasteiger partial charge in [0.15, 0.2) is 0 Å². The van der Waals surface area contributed by atoms with E-state index < -0.39 is 0 Å². The Bertz CT molecular complexity index is 229. The van der Waals surface area contributed by atoms with E-state index in [9.17, 15) is 4.79 Å². The molecule has 4 heteroatoms. The molecule has 0 saturated carbocycles. The number of carbonyl (C=O) groups is 1. The van der Waals surface area contributed by atoms with Gasteiger partial charge in [-0.3, -0.25) is 9.69 Å². The Morgan fingerprint density at radius 2 is 1.93 bits per heavy atom. The second-order valence-electron chi connectivity index (χ2n) is 4.63. The monoisotopic (exact) mass is 212 g/mol. The number of likely N-dealkylation sites (N-methyl/N-ethyl adjacent to an activating group) is 1. The molecule has 0 bridgehead atoms. The van der Waals surface area contributed by atoms with Crippen LogP contribution in [0.1, 0.15) is 13.3 Å². The summed E-state index contributed by atoms with van der Waals surface area (Å²) in [7, 11) is 2.05. The average Bonchev–Trinajstić information content (AvgIpc) is 2.59. The van der Waals surface area contributed by atoms with Gasteiger partial charge in [-0.15, -0.1) is 0 Å². The third-order valence-corrected chi connectivity index (χ3v) is 3.53. The highest BCUT2D eigenvalue weighted by Crippen LogP contribution is 2.24. The Labute approximate surface area is 91.2 Å². The third-order valence-electron chi connectivity index (χ3n) is 3.53. The fraction of sp³-hybridized carbons (Fsp3) is 0.909. The summed E-state index contributed by atoms with van der Waals surface area (Å²) in [6.07, 6.45) is 1.14. The molecule has 0 aliphatic carbocycles. The van der Waals surface area contributed by atoms with Crippen molar-refractivity contribution in [2.45, 2.75) is 19.4 Å². The largest absolute Gasteiger partial charge is 0.378 e. The van der Waals surface area contributed by atoms with E-state index in [1.807, 2.05) is 11.9 Å². The van der Waals surface area contributed by atoms with Crippen molar-refractivity contribution in [3.8, 4) is 0 Å². The van der Waals surface area contributed by atoms with Gasteiger partial charge >= 0.3 is 0 Å². The quantitative estimate of drug-likeness (QED) is 0.622. The van der Waals surface area contributed by atoms with Crippen LogP contribution >= 0.6 is 0 Å². The maximum Gasteiger partial charge on any atom is 0.240 e. The maximum absolute atomic E-state index is 12.2. The molecule has 0 aromatic rings. The summed E-state index contributed by atoms with van der Waals surface area (Å²) < 4.78 is 5.26. The van der Waals surface area contributed by atoms with Crippen LogP contribution in [0, 0.1) is 5.92 Å². The van der Waals surface area contributed by atoms with E-state index in [0.717, 1.165) is 26.1 Å². The predicted octanol–water partition coefficient (Wildman–Crippen LogP) is 0.185. The van der Waals surface area contributed by atoms with Crippen molar-refractivity contribution in [1.82, 2.24) is 9.80 Å². The number of morpholine rings is 1. The van der Waals surface area contributed by atoms with Gasteiger partial charge in [-0.25, -0.2) is 0 Å². The van der Waals surface area contributed by atoms with Crippen molar-refractivity contribution in [3.63, 3.8) is 0 Å². The molecular weight excluding hydrogens is 192 g/mol. The Morgan fingerprint density at radius 1 is 1.27 bits per heavy atom. The second kappa shape index (κ2) is 4.49. The molecule has 1 amide bonds. The van der Waals surface area contributed by atoms with Crippen LogP contribution in [0.25, 0.3) is 0 Å². The Kier molecular flexibility index (Phi) is 3.26. The van der Waals surface area contributed by atoms with Gasteiger partial charge in [0.05, 0.1) is 19.3 Å². The van der Waals surface area contributed by atoms with Crippen LogP contribution in [0.2, 0.25) is 0 Å². The first-order chi connectivity index (χ1) is 7.20. The summed E-state index contributed by atoms with van der Waals surface area (Å²) in [5.74, 6) is 0.788. The number of amides is 1. The topological polar surface area (TPSA) is 32.8 Å². The van der Waals surface area contributed by atoms with Crippen LogP contribution < -0.4 is 0 Å². The van der Waals surface area contributed by atoms with E-state index in [1.165, 1.54) is 0 Å². The maximum atomic E-state index is 12.2. The van der Waals surface area contributed by atoms with Crippen molar-refractivity contribution < 1.29 is 9.53 Å². The van der Waals surface area contributed by atoms with Gasteiger partial charge in [-0.2, -0.15) is 0 Å². The van der Waals surface area contributed by atoms with Crippen LogP contribution in [0.5, 0.6) is 0 Å². The lowest BCUT2D eigenvalue weighted by Gasteiger charge is -2.32. The Morgan fingerprint density at radius 3 is 2.47 bits per heavy atom. The lowest BCUT2D eigenvalue weighted by atomic mass is 10.0. The van der Waals surface area contributed by atoms with E-state index in [1.54, 1.807) is 0 Å². The van der Waals surface area contributed by atoms with Crippen LogP contribution in [0.3, 0.4) is 0 Å². The van der Waals surface area contributed by atoms with E-state index in [0.29, 0.717) is 25.0 Å². The van der Waals surface area contributed by atoms with Gasteiger partial charge in [0, 0.05) is 13.1 Å². The van der Waals surface area contributed by atoms with Gasteiger partial charge in [-0.1, -0.05) is 6.92 Å². The third kappa shape index (κ3) is 2.16. The molecule has 2 aliphatic rings. The minimum Gasteiger partial charge on any atom is -0.378 e. The minimum absolute atomic E-state index is 0.100. The highest BCUT2D eigenvalue weighted by Gasteiger charge is 2.37. The highest BCUT2D eigenvalue weighted by atomic mass is 16.5. The molecular formula is C11H20N2O2. The zero-order valence-electron chi connectivity index (χ0n) is 9.61. The highest BCUT2D eigenvalue weighted by molar-refractivity contribution is 5.82. The summed E-state index contributed by atoms with van der Waals surface area (Å²) in [5, 5.41) is 0. The average molecular weight is 212 g/mol. The van der Waals surface area contributed by atoms with Crippen LogP contribution in [0.15, 0.2) is 0 Å². The summed E-state index contributed by atoms with van der Waals surface area (Å²) >= 11 is 0. The first kappa shape index (κ1) is 10.9. The standard InChI is InChI=1S/C11H20N2O2/c1-9-3-4-12(2)10(9)11(14)13-5-7-15-8-6-13/h9-10H,3-8H2,1-2H3/t9?,10-/m0/s1. The normalized spacial score (nSPS) is 33.3. The Balaban J connectivity index is 1.99. The van der Waals surface area contributed by atoms with Gasteiger partial charge in [-0.05, 0) is 25.9 Å². The molecule has 15 heavy (non-hydrogen) atoms. The van der Waals surface area contributed by atoms with Crippen molar-refractivity contribution in [3.05, 3.63) is 0 Å². The molecule has 0 N–H and O–H groups in total. The predicted molar refractivity (Wildman–Crippen MR) is 57.6 cm³/mol. The summed E-state index contributed by atoms with van der Waals surface area (Å²) in [6.45, 7) is 6.12. The van der Waals surface area contributed by atoms with Crippen molar-refractivity contribution in [2.24, 2.45) is 5.92 Å². The molecule has 0 spiro atoms. The molecule has 2 saturated heterocycles. The number of rotatable bonds is 1. The van der Waals surface area contributed by atoms with Crippen LogP contribution in [0.4, 0.5) is 0 Å². The first-order valence-electron chi connectivity index (χ1n) is 5.77. The van der Waals surface area contributed by atoms with Gasteiger partial charge in [0.25, 0.3) is 0 Å². The lowest BCUT2D eigenvalue weighted by Crippen LogP contribution is -2.50. The smallest absolute Gasteiger partial charge is 0.240 e. The molecule has 2 atom stereocenters. The Hall–Kier alpha value is -0.610. The van der Waals surface area contributed by atoms with Crippen molar-refractivity contribution >= 4 is 5.91 Å². The number of likely N-dealkylation sites (tertiary alicyclic amines) is 1. The molecule has 2 fully saturated rings. The molecule has 0 aromatic carbocycles. The molecule has 2 heterocycles. The molecule has 0 radical (unpaired) electrons. The van der Waals surface area contributed by atoms with E-state index >= 15 is 0 Å². The number of hydrogen-bond donors (Lipinski definition) is 0. The molecule has 4 nitrogen and oxygen atoms in total. The summed E-state index contributed by atoms with van der Waals surface area (Å²) in [4.78, 5) is 16.4. The van der Waals surface area contributed by atoms with Crippen LogP contribution in [-0.4, -0.2) is 61.6 Å². The zero-order chi connectivity index (χ0) is 10.8. The number of carbonyl (C=O) groups excluding carboxylic acids is 1. The zero-order valence-corrected chi connectivity index (χ0v) is 9.61. The molecule has 1 unspecified atom stereocenters. The van der Waals surface area contributed by atoms with Gasteiger partial charge in [0.2, 0.25) is 5.91 Å². The molecule has 2 rings (SSSR count). The molecule has 86 valence electrons. The second-order valence-corrected chi connectivity index (χ2v) is 4.63. The number of ether oxygens (including phenoxy) is 1.